The number of anilines is 2. The molecule has 0 bridgehead atoms. The summed E-state index contributed by atoms with van der Waals surface area (Å²) in [7, 11) is -3.93. The van der Waals surface area contributed by atoms with Crippen LogP contribution in [0, 0.1) is 11.2 Å². The van der Waals surface area contributed by atoms with Gasteiger partial charge >= 0.3 is 0 Å². The van der Waals surface area contributed by atoms with Crippen LogP contribution in [0.5, 0.6) is 0 Å². The van der Waals surface area contributed by atoms with E-state index in [1.807, 2.05) is 13.8 Å². The number of alkyl halides is 1. The molecule has 8 nitrogen and oxygen atoms in total. The highest BCUT2D eigenvalue weighted by molar-refractivity contribution is 7.89. The quantitative estimate of drug-likeness (QED) is 0.475. The van der Waals surface area contributed by atoms with E-state index in [9.17, 15) is 22.4 Å². The minimum absolute atomic E-state index is 0.0573. The van der Waals surface area contributed by atoms with Gasteiger partial charge in [-0.2, -0.15) is 0 Å². The summed E-state index contributed by atoms with van der Waals surface area (Å²) in [5.41, 5.74) is 1.52. The molecule has 11 heteroatoms. The first-order chi connectivity index (χ1) is 17.4. The number of Topliss-reactive ketones (excluding diaryl/α,β-unsaturated/α-hetero) is 1. The van der Waals surface area contributed by atoms with E-state index >= 15 is 0 Å². The van der Waals surface area contributed by atoms with Gasteiger partial charge in [-0.1, -0.05) is 26.0 Å². The van der Waals surface area contributed by atoms with Crippen molar-refractivity contribution in [2.24, 2.45) is 10.6 Å². The third-order valence-electron chi connectivity index (χ3n) is 6.69. The molecule has 1 aliphatic heterocycles. The Hall–Kier alpha value is -3.34. The molecule has 1 atom stereocenters. The zero-order chi connectivity index (χ0) is 26.7. The summed E-state index contributed by atoms with van der Waals surface area (Å²) >= 11 is 6.04. The molecule has 0 fully saturated rings. The molecule has 2 aliphatic rings. The highest BCUT2D eigenvalue weighted by Crippen LogP contribution is 2.52. The number of hydrogen-bond acceptors (Lipinski definition) is 6. The maximum absolute atomic E-state index is 13.8. The van der Waals surface area contributed by atoms with Crippen LogP contribution in [0.3, 0.4) is 0 Å². The van der Waals surface area contributed by atoms with Crippen molar-refractivity contribution < 1.29 is 17.6 Å². The molecular formula is C26H24ClFN4O4S. The number of nitrogens with one attached hydrogen (secondary N) is 1. The zero-order valence-electron chi connectivity index (χ0n) is 20.1. The number of hydrogen-bond donors (Lipinski definition) is 2. The van der Waals surface area contributed by atoms with E-state index in [-0.39, 0.29) is 40.2 Å². The molecule has 1 aromatic heterocycles. The lowest BCUT2D eigenvalue weighted by Gasteiger charge is -2.44. The number of nitrogens with zero attached hydrogens (tertiary/aromatic N) is 2. The number of nitrogens with two attached hydrogens (primary N) is 1. The Morgan fingerprint density at radius 3 is 2.35 bits per heavy atom. The van der Waals surface area contributed by atoms with E-state index < -0.39 is 32.7 Å². The Bertz CT molecular complexity index is 1610. The van der Waals surface area contributed by atoms with Crippen molar-refractivity contribution in [1.82, 2.24) is 9.97 Å². The van der Waals surface area contributed by atoms with Crippen molar-refractivity contribution in [3.8, 4) is 0 Å². The Labute approximate surface area is 218 Å². The van der Waals surface area contributed by atoms with Crippen LogP contribution in [0.4, 0.5) is 15.9 Å². The highest BCUT2D eigenvalue weighted by Gasteiger charge is 2.45. The average molecular weight is 543 g/mol. The van der Waals surface area contributed by atoms with Gasteiger partial charge in [0.15, 0.2) is 5.78 Å². The van der Waals surface area contributed by atoms with Crippen molar-refractivity contribution >= 4 is 38.9 Å². The molecule has 192 valence electrons. The van der Waals surface area contributed by atoms with Gasteiger partial charge in [0.05, 0.1) is 16.3 Å². The number of carbonyl (C=O) groups excluding carboxylic acids is 1. The van der Waals surface area contributed by atoms with Crippen molar-refractivity contribution in [3.05, 3.63) is 92.9 Å². The second-order valence-electron chi connectivity index (χ2n) is 10.0. The third kappa shape index (κ3) is 4.49. The van der Waals surface area contributed by atoms with E-state index in [4.69, 9.17) is 16.7 Å². The molecule has 2 aromatic carbocycles. The van der Waals surface area contributed by atoms with Gasteiger partial charge < -0.3 is 4.98 Å². The summed E-state index contributed by atoms with van der Waals surface area (Å²) in [5, 5.41) is 5.28. The fourth-order valence-corrected chi connectivity index (χ4v) is 5.80. The average Bonchev–Trinajstić information content (AvgIpc) is 2.82. The number of aromatic nitrogens is 2. The van der Waals surface area contributed by atoms with Crippen LogP contribution in [-0.2, 0) is 20.7 Å². The lowest BCUT2D eigenvalue weighted by molar-refractivity contribution is -0.118. The Kier molecular flexibility index (Phi) is 6.09. The van der Waals surface area contributed by atoms with E-state index in [0.29, 0.717) is 28.9 Å². The molecule has 0 saturated carbocycles. The topological polar surface area (TPSA) is 126 Å². The Morgan fingerprint density at radius 2 is 1.76 bits per heavy atom. The van der Waals surface area contributed by atoms with Gasteiger partial charge in [0.1, 0.15) is 17.5 Å². The SMILES string of the molecule is CC1(C)CC(=O)C2=C(C1)N(c1ccc(S(N)(=O)=O)cc1)c1nc(CCl)[nH]c(=O)c1C2c1ccc(F)cc1. The number of H-pyrrole nitrogens is 1. The molecular weight excluding hydrogens is 519 g/mol. The predicted molar refractivity (Wildman–Crippen MR) is 138 cm³/mol. The zero-order valence-corrected chi connectivity index (χ0v) is 21.7. The Balaban J connectivity index is 1.85. The largest absolute Gasteiger partial charge is 0.309 e. The van der Waals surface area contributed by atoms with Crippen LogP contribution in [0.1, 0.15) is 49.6 Å². The number of aromatic amines is 1. The number of halogens is 2. The molecule has 2 heterocycles. The normalized spacial score (nSPS) is 19.0. The van der Waals surface area contributed by atoms with Gasteiger partial charge in [-0.15, -0.1) is 11.6 Å². The summed E-state index contributed by atoms with van der Waals surface area (Å²) in [6.07, 6.45) is 0.745. The first kappa shape index (κ1) is 25.3. The molecule has 1 unspecified atom stereocenters. The maximum Gasteiger partial charge on any atom is 0.257 e. The standard InChI is InChI=1S/C26H24ClFN4O4S/c1-26(2)11-18-22(19(33)12-26)21(14-3-5-15(28)6-4-14)23-24(30-20(13-27)31-25(23)34)32(18)16-7-9-17(10-8-16)37(29,35)36/h3-10,21H,11-13H2,1-2H3,(H2,29,35,36)(H,30,31,34). The van der Waals surface area contributed by atoms with E-state index in [1.165, 1.54) is 24.3 Å². The number of primary sulfonamides is 1. The molecule has 3 N–H and O–H groups in total. The van der Waals surface area contributed by atoms with Crippen LogP contribution in [-0.4, -0.2) is 24.2 Å². The Morgan fingerprint density at radius 1 is 1.11 bits per heavy atom. The summed E-state index contributed by atoms with van der Waals surface area (Å²) in [6.45, 7) is 3.96. The van der Waals surface area contributed by atoms with Crippen molar-refractivity contribution in [1.29, 1.82) is 0 Å². The first-order valence-corrected chi connectivity index (χ1v) is 13.6. The minimum atomic E-state index is -3.93. The number of fused-ring (bicyclic) bond motifs is 1. The van der Waals surface area contributed by atoms with Crippen LogP contribution in [0.15, 0.2) is 69.5 Å². The van der Waals surface area contributed by atoms with Crippen LogP contribution in [0.2, 0.25) is 0 Å². The van der Waals surface area contributed by atoms with Crippen molar-refractivity contribution in [3.63, 3.8) is 0 Å². The van der Waals surface area contributed by atoms with Gasteiger partial charge in [0.2, 0.25) is 10.0 Å². The van der Waals surface area contributed by atoms with Gasteiger partial charge in [-0.05, 0) is 53.8 Å². The van der Waals surface area contributed by atoms with Gasteiger partial charge in [0, 0.05) is 29.3 Å². The molecule has 37 heavy (non-hydrogen) atoms. The second kappa shape index (κ2) is 8.90. The third-order valence-corrected chi connectivity index (χ3v) is 7.88. The summed E-state index contributed by atoms with van der Waals surface area (Å²) in [6, 6.07) is 11.5. The number of benzene rings is 2. The van der Waals surface area contributed by atoms with Gasteiger partial charge in [0.25, 0.3) is 5.56 Å². The number of sulfonamides is 1. The summed E-state index contributed by atoms with van der Waals surface area (Å²) in [4.78, 5) is 36.2. The monoisotopic (exact) mass is 542 g/mol. The highest BCUT2D eigenvalue weighted by atomic mass is 35.5. The number of rotatable bonds is 4. The molecule has 3 aromatic rings. The van der Waals surface area contributed by atoms with Gasteiger partial charge in [-0.3, -0.25) is 14.5 Å². The van der Waals surface area contributed by atoms with E-state index in [1.54, 1.807) is 29.2 Å². The predicted octanol–water partition coefficient (Wildman–Crippen LogP) is 4.22. The molecule has 1 aliphatic carbocycles. The maximum atomic E-state index is 13.8. The van der Waals surface area contributed by atoms with Crippen molar-refractivity contribution in [2.75, 3.05) is 4.90 Å². The first-order valence-electron chi connectivity index (χ1n) is 11.5. The molecule has 0 amide bonds. The van der Waals surface area contributed by atoms with Gasteiger partial charge in [-0.25, -0.2) is 22.9 Å². The van der Waals surface area contributed by atoms with Crippen LogP contribution in [0.25, 0.3) is 0 Å². The fraction of sp³-hybridized carbons (Fsp3) is 0.269. The lowest BCUT2D eigenvalue weighted by atomic mass is 9.68. The fourth-order valence-electron chi connectivity index (χ4n) is 5.16. The van der Waals surface area contributed by atoms with Crippen LogP contribution < -0.4 is 15.6 Å². The minimum Gasteiger partial charge on any atom is -0.309 e. The number of carbonyl (C=O) groups is 1. The van der Waals surface area contributed by atoms with Crippen molar-refractivity contribution in [2.45, 2.75) is 43.4 Å². The van der Waals surface area contributed by atoms with E-state index in [0.717, 1.165) is 0 Å². The molecule has 0 radical (unpaired) electrons. The number of ketones is 1. The summed E-state index contributed by atoms with van der Waals surface area (Å²) in [5.74, 6) is -0.876. The molecule has 0 saturated heterocycles. The lowest BCUT2D eigenvalue weighted by Crippen LogP contribution is -2.41. The smallest absolute Gasteiger partial charge is 0.257 e. The molecule has 0 spiro atoms. The number of allylic oxidation sites excluding steroid dienone is 2. The van der Waals surface area contributed by atoms with E-state index in [2.05, 4.69) is 9.97 Å². The second-order valence-corrected chi connectivity index (χ2v) is 11.9. The molecule has 5 rings (SSSR count). The van der Waals surface area contributed by atoms with Crippen LogP contribution >= 0.6 is 11.6 Å². The summed E-state index contributed by atoms with van der Waals surface area (Å²) < 4.78 is 37.5.